The second-order valence-corrected chi connectivity index (χ2v) is 3.60. The van der Waals surface area contributed by atoms with Crippen molar-refractivity contribution in [2.45, 2.75) is 0 Å². The summed E-state index contributed by atoms with van der Waals surface area (Å²) < 4.78 is 0. The van der Waals surface area contributed by atoms with Gasteiger partial charge in [-0.1, -0.05) is 10.6 Å². The molecule has 2 heteroatoms. The van der Waals surface area contributed by atoms with E-state index in [1.165, 1.54) is 0 Å². The van der Waals surface area contributed by atoms with Gasteiger partial charge in [0.05, 0.1) is 0 Å². The molecule has 0 amide bonds. The molecule has 0 spiro atoms. The molecule has 1 aliphatic rings. The lowest BCUT2D eigenvalue weighted by atomic mass is 11.8. The van der Waals surface area contributed by atoms with Crippen LogP contribution in [0.1, 0.15) is 0 Å². The Balaban J connectivity index is 2.67. The van der Waals surface area contributed by atoms with Crippen LogP contribution in [0.15, 0.2) is 0 Å². The highest BCUT2D eigenvalue weighted by molar-refractivity contribution is 7.13. The van der Waals surface area contributed by atoms with Crippen molar-refractivity contribution in [1.82, 2.24) is 0 Å². The van der Waals surface area contributed by atoms with Crippen molar-refractivity contribution >= 4 is 28.9 Å². The third kappa shape index (κ3) is 0.172. The van der Waals surface area contributed by atoms with E-state index in [1.54, 1.807) is 0 Å². The lowest BCUT2D eigenvalue weighted by Crippen LogP contribution is -2.04. The Kier molecular flexibility index (Phi) is 0.519. The quantitative estimate of drug-likeness (QED) is 0.326. The van der Waals surface area contributed by atoms with Gasteiger partial charge < -0.3 is 0 Å². The molecule has 0 aliphatic carbocycles. The largest absolute Gasteiger partial charge is 0.0927 e. The zero-order valence-corrected chi connectivity index (χ0v) is 4.15. The Bertz CT molecular complexity index is 44.4. The van der Waals surface area contributed by atoms with Crippen molar-refractivity contribution < 1.29 is 0 Å². The van der Waals surface area contributed by atoms with Gasteiger partial charge in [-0.25, -0.2) is 0 Å². The zero-order chi connectivity index (χ0) is 2.83. The molecule has 18 valence electrons. The van der Waals surface area contributed by atoms with E-state index >= 15 is 0 Å². The Morgan fingerprint density at radius 2 is 1.25 bits per heavy atom. The van der Waals surface area contributed by atoms with Gasteiger partial charge in [0, 0.05) is 18.3 Å². The first-order chi connectivity index (χ1) is 2.00. The maximum Gasteiger partial charge on any atom is 0.0407 e. The van der Waals surface area contributed by atoms with E-state index in [4.69, 9.17) is 0 Å². The molecule has 0 aromatic heterocycles. The van der Waals surface area contributed by atoms with Crippen LogP contribution in [0.4, 0.5) is 0 Å². The number of hydrogen-bond donors (Lipinski definition) is 0. The predicted molar refractivity (Wildman–Crippen MR) is 23.6 cm³/mol. The van der Waals surface area contributed by atoms with Crippen LogP contribution in [-0.2, 0) is 0 Å². The maximum atomic E-state index is 2.31. The molecule has 0 nitrogen and oxygen atoms in total. The Hall–Kier alpha value is 0.174. The number of rotatable bonds is 0. The minimum Gasteiger partial charge on any atom is -0.0927 e. The summed E-state index contributed by atoms with van der Waals surface area (Å²) >= 11 is 0. The lowest BCUT2D eigenvalue weighted by Gasteiger charge is -1.73. The van der Waals surface area contributed by atoms with Crippen LogP contribution < -0.4 is 0 Å². The van der Waals surface area contributed by atoms with E-state index in [9.17, 15) is 0 Å². The molecule has 1 heterocycles. The molecule has 1 aliphatic heterocycles. The van der Waals surface area contributed by atoms with Crippen molar-refractivity contribution in [1.29, 1.82) is 0 Å². The van der Waals surface area contributed by atoms with Gasteiger partial charge in [0.1, 0.15) is 0 Å². The SMILES string of the molecule is C1=[Si]C=[Si]1. The molecule has 0 aromatic carbocycles. The molecule has 2 radical (unpaired) electrons. The van der Waals surface area contributed by atoms with Crippen molar-refractivity contribution in [2.24, 2.45) is 0 Å². The van der Waals surface area contributed by atoms with Crippen LogP contribution in [0.25, 0.3) is 0 Å². The summed E-state index contributed by atoms with van der Waals surface area (Å²) in [5.74, 6) is 0. The monoisotopic (exact) mass is 82.0 g/mol. The molecule has 0 N–H and O–H groups in total. The standard InChI is InChI=1S/C2H2Si2/c1-3-2-4-1/h1-2H. The van der Waals surface area contributed by atoms with Gasteiger partial charge in [-0.05, 0) is 0 Å². The fourth-order valence-corrected chi connectivity index (χ4v) is 0.750. The first-order valence-electron chi connectivity index (χ1n) is 1.15. The average molecular weight is 82.2 g/mol. The highest BCUT2D eigenvalue weighted by Crippen LogP contribution is 1.38. The Morgan fingerprint density at radius 3 is 1.25 bits per heavy atom. The molecular weight excluding hydrogens is 80.2 g/mol. The molecule has 0 unspecified atom stereocenters. The van der Waals surface area contributed by atoms with Crippen LogP contribution in [0.5, 0.6) is 0 Å². The molecule has 0 saturated heterocycles. The molecule has 0 aromatic rings. The van der Waals surface area contributed by atoms with Gasteiger partial charge >= 0.3 is 0 Å². The van der Waals surface area contributed by atoms with Crippen molar-refractivity contribution in [3.8, 4) is 0 Å². The summed E-state index contributed by atoms with van der Waals surface area (Å²) in [7, 11) is 2.17. The Morgan fingerprint density at radius 1 is 1.00 bits per heavy atom. The van der Waals surface area contributed by atoms with E-state index < -0.39 is 0 Å². The lowest BCUT2D eigenvalue weighted by molar-refractivity contribution is 3.63. The maximum absolute atomic E-state index is 2.31. The molecule has 0 bridgehead atoms. The summed E-state index contributed by atoms with van der Waals surface area (Å²) in [5.41, 5.74) is 0. The van der Waals surface area contributed by atoms with Gasteiger partial charge in [0.15, 0.2) is 0 Å². The van der Waals surface area contributed by atoms with E-state index in [0.29, 0.717) is 0 Å². The topological polar surface area (TPSA) is 0 Å². The van der Waals surface area contributed by atoms with Crippen LogP contribution in [0.2, 0.25) is 0 Å². The van der Waals surface area contributed by atoms with Gasteiger partial charge in [0.2, 0.25) is 0 Å². The van der Waals surface area contributed by atoms with Crippen LogP contribution >= 0.6 is 0 Å². The van der Waals surface area contributed by atoms with Gasteiger partial charge in [0.25, 0.3) is 0 Å². The van der Waals surface area contributed by atoms with Crippen molar-refractivity contribution in [3.05, 3.63) is 0 Å². The number of hydrogen-bond acceptors (Lipinski definition) is 0. The van der Waals surface area contributed by atoms with E-state index in [-0.39, 0.29) is 0 Å². The zero-order valence-electron chi connectivity index (χ0n) is 2.15. The second kappa shape index (κ2) is 0.861. The minimum atomic E-state index is 1.08. The smallest absolute Gasteiger partial charge is 0.0407 e. The fourth-order valence-electron chi connectivity index (χ4n) is 0.0833. The van der Waals surface area contributed by atoms with Gasteiger partial charge in [-0.2, -0.15) is 0 Å². The first kappa shape index (κ1) is 2.41. The summed E-state index contributed by atoms with van der Waals surface area (Å²) in [6, 6.07) is 0. The van der Waals surface area contributed by atoms with Crippen LogP contribution in [-0.4, -0.2) is 28.9 Å². The van der Waals surface area contributed by atoms with Gasteiger partial charge in [-0.15, -0.1) is 0 Å². The summed E-state index contributed by atoms with van der Waals surface area (Å²) in [4.78, 5) is 0. The second-order valence-electron chi connectivity index (χ2n) is 0.622. The highest BCUT2D eigenvalue weighted by atomic mass is 28.3. The predicted octanol–water partition coefficient (Wildman–Crippen LogP) is -1.07. The summed E-state index contributed by atoms with van der Waals surface area (Å²) in [6.07, 6.45) is 0. The molecule has 0 saturated carbocycles. The van der Waals surface area contributed by atoms with E-state index in [2.05, 4.69) is 10.6 Å². The highest BCUT2D eigenvalue weighted by Gasteiger charge is 1.68. The molecule has 0 fully saturated rings. The Labute approximate surface area is 29.7 Å². The van der Waals surface area contributed by atoms with E-state index in [0.717, 1.165) is 18.3 Å². The molecular formula is C2H2Si2. The molecule has 4 heavy (non-hydrogen) atoms. The van der Waals surface area contributed by atoms with Crippen LogP contribution in [0, 0.1) is 0 Å². The third-order valence-corrected chi connectivity index (χ3v) is 3.00. The fraction of sp³-hybridized carbons (Fsp3) is 0. The van der Waals surface area contributed by atoms with E-state index in [1.807, 2.05) is 0 Å². The normalized spacial score (nSPS) is 16.0. The van der Waals surface area contributed by atoms with Crippen molar-refractivity contribution in [3.63, 3.8) is 0 Å². The molecule has 0 atom stereocenters. The van der Waals surface area contributed by atoms with Crippen LogP contribution in [0.3, 0.4) is 0 Å². The third-order valence-electron chi connectivity index (χ3n) is 0.333. The average Bonchev–Trinajstić information content (AvgIpc) is 0.722. The van der Waals surface area contributed by atoms with Gasteiger partial charge in [-0.3, -0.25) is 0 Å². The minimum absolute atomic E-state index is 1.08. The van der Waals surface area contributed by atoms with Crippen molar-refractivity contribution in [2.75, 3.05) is 0 Å². The first-order valence-corrected chi connectivity index (χ1v) is 3.46. The molecule has 1 rings (SSSR count). The summed E-state index contributed by atoms with van der Waals surface area (Å²) in [6.45, 7) is 0. The summed E-state index contributed by atoms with van der Waals surface area (Å²) in [5, 5.41) is 4.61.